The van der Waals surface area contributed by atoms with Crippen molar-refractivity contribution in [3.8, 4) is 28.6 Å². The summed E-state index contributed by atoms with van der Waals surface area (Å²) in [5.41, 5.74) is 4.23. The number of hydrogen-bond donors (Lipinski definition) is 1. The van der Waals surface area contributed by atoms with Gasteiger partial charge in [0.15, 0.2) is 0 Å². The molecule has 29 heavy (non-hydrogen) atoms. The molecule has 3 aromatic rings. The zero-order valence-corrected chi connectivity index (χ0v) is 17.9. The second-order valence-corrected chi connectivity index (χ2v) is 7.01. The van der Waals surface area contributed by atoms with Crippen LogP contribution in [0.2, 0.25) is 5.02 Å². The zero-order chi connectivity index (χ0) is 21.1. The van der Waals surface area contributed by atoms with Crippen LogP contribution in [0.3, 0.4) is 0 Å². The van der Waals surface area contributed by atoms with Crippen LogP contribution in [0.15, 0.2) is 36.4 Å². The molecular formula is C21H25ClN4O3. The SMILES string of the molecule is COc1cccc(N(C)N)c1COc1ccc(-c2nn(C)c(OC)c2Cl)cc1C. The Morgan fingerprint density at radius 2 is 1.90 bits per heavy atom. The maximum atomic E-state index is 6.41. The first-order valence-corrected chi connectivity index (χ1v) is 9.39. The minimum atomic E-state index is 0.319. The van der Waals surface area contributed by atoms with Crippen molar-refractivity contribution < 1.29 is 14.2 Å². The predicted octanol–water partition coefficient (Wildman–Crippen LogP) is 3.96. The van der Waals surface area contributed by atoms with E-state index in [2.05, 4.69) is 5.10 Å². The fraction of sp³-hybridized carbons (Fsp3) is 0.286. The summed E-state index contributed by atoms with van der Waals surface area (Å²) in [5, 5.41) is 6.48. The number of aryl methyl sites for hydroxylation is 2. The molecule has 0 aliphatic carbocycles. The molecule has 8 heteroatoms. The third kappa shape index (κ3) is 4.11. The van der Waals surface area contributed by atoms with Crippen molar-refractivity contribution in [1.29, 1.82) is 0 Å². The van der Waals surface area contributed by atoms with E-state index < -0.39 is 0 Å². The maximum Gasteiger partial charge on any atom is 0.231 e. The molecule has 7 nitrogen and oxygen atoms in total. The lowest BCUT2D eigenvalue weighted by atomic mass is 10.1. The highest BCUT2D eigenvalue weighted by Crippen LogP contribution is 2.36. The molecule has 0 saturated heterocycles. The van der Waals surface area contributed by atoms with Crippen molar-refractivity contribution in [1.82, 2.24) is 9.78 Å². The van der Waals surface area contributed by atoms with Gasteiger partial charge in [0, 0.05) is 19.7 Å². The lowest BCUT2D eigenvalue weighted by Crippen LogP contribution is -2.26. The Morgan fingerprint density at radius 1 is 1.14 bits per heavy atom. The molecular weight excluding hydrogens is 392 g/mol. The van der Waals surface area contributed by atoms with Crippen molar-refractivity contribution in [2.24, 2.45) is 12.9 Å². The Balaban J connectivity index is 1.86. The minimum Gasteiger partial charge on any atom is -0.496 e. The van der Waals surface area contributed by atoms with Gasteiger partial charge >= 0.3 is 0 Å². The molecule has 0 amide bonds. The third-order valence-corrected chi connectivity index (χ3v) is 5.00. The lowest BCUT2D eigenvalue weighted by Gasteiger charge is -2.20. The van der Waals surface area contributed by atoms with Crippen molar-refractivity contribution in [2.45, 2.75) is 13.5 Å². The summed E-state index contributed by atoms with van der Waals surface area (Å²) >= 11 is 6.41. The lowest BCUT2D eigenvalue weighted by molar-refractivity contribution is 0.295. The van der Waals surface area contributed by atoms with Gasteiger partial charge in [0.05, 0.1) is 25.5 Å². The minimum absolute atomic E-state index is 0.319. The van der Waals surface area contributed by atoms with Gasteiger partial charge in [-0.15, -0.1) is 0 Å². The van der Waals surface area contributed by atoms with Crippen LogP contribution < -0.4 is 25.1 Å². The van der Waals surface area contributed by atoms with E-state index in [1.165, 1.54) is 0 Å². The summed E-state index contributed by atoms with van der Waals surface area (Å²) in [6, 6.07) is 11.5. The molecule has 3 rings (SSSR count). The number of nitrogens with zero attached hydrogens (tertiary/aromatic N) is 3. The standard InChI is InChI=1S/C21H25ClN4O3/c1-13-11-14(20-19(22)21(28-5)26(3)24-20)9-10-17(13)29-12-15-16(25(2)23)7-6-8-18(15)27-4/h6-11H,12,23H2,1-5H3. The number of hydrazine groups is 1. The molecule has 0 aliphatic heterocycles. The quantitative estimate of drug-likeness (QED) is 0.464. The van der Waals surface area contributed by atoms with Crippen molar-refractivity contribution >= 4 is 17.3 Å². The summed E-state index contributed by atoms with van der Waals surface area (Å²) < 4.78 is 18.5. The molecule has 154 valence electrons. The van der Waals surface area contributed by atoms with Gasteiger partial charge in [-0.05, 0) is 42.8 Å². The van der Waals surface area contributed by atoms with Crippen LogP contribution in [-0.2, 0) is 13.7 Å². The first kappa shape index (κ1) is 20.8. The number of methoxy groups -OCH3 is 2. The van der Waals surface area contributed by atoms with Crippen LogP contribution in [0.25, 0.3) is 11.3 Å². The first-order chi connectivity index (χ1) is 13.9. The molecule has 2 aromatic carbocycles. The van der Waals surface area contributed by atoms with Gasteiger partial charge in [-0.25, -0.2) is 10.5 Å². The number of benzene rings is 2. The highest BCUT2D eigenvalue weighted by Gasteiger charge is 2.18. The number of nitrogens with two attached hydrogens (primary N) is 1. The van der Waals surface area contributed by atoms with Crippen LogP contribution in [0, 0.1) is 6.92 Å². The third-order valence-electron chi connectivity index (χ3n) is 4.66. The molecule has 0 atom stereocenters. The maximum absolute atomic E-state index is 6.41. The molecule has 0 unspecified atom stereocenters. The van der Waals surface area contributed by atoms with Gasteiger partial charge < -0.3 is 19.2 Å². The van der Waals surface area contributed by atoms with Gasteiger partial charge in [0.25, 0.3) is 0 Å². The Hall–Kier alpha value is -2.90. The predicted molar refractivity (Wildman–Crippen MR) is 115 cm³/mol. The largest absolute Gasteiger partial charge is 0.496 e. The number of ether oxygens (including phenoxy) is 3. The average molecular weight is 417 g/mol. The van der Waals surface area contributed by atoms with E-state index >= 15 is 0 Å². The number of anilines is 1. The van der Waals surface area contributed by atoms with Gasteiger partial charge in [-0.1, -0.05) is 17.7 Å². The van der Waals surface area contributed by atoms with Crippen LogP contribution in [0.4, 0.5) is 5.69 Å². The van der Waals surface area contributed by atoms with E-state index in [-0.39, 0.29) is 0 Å². The summed E-state index contributed by atoms with van der Waals surface area (Å²) in [7, 11) is 6.77. The molecule has 1 aromatic heterocycles. The fourth-order valence-electron chi connectivity index (χ4n) is 3.22. The van der Waals surface area contributed by atoms with Gasteiger partial charge in [0.1, 0.15) is 28.8 Å². The Morgan fingerprint density at radius 3 is 2.48 bits per heavy atom. The van der Waals surface area contributed by atoms with Crippen LogP contribution in [-0.4, -0.2) is 31.0 Å². The second kappa shape index (κ2) is 8.63. The zero-order valence-electron chi connectivity index (χ0n) is 17.2. The van der Waals surface area contributed by atoms with Crippen molar-refractivity contribution in [2.75, 3.05) is 26.3 Å². The van der Waals surface area contributed by atoms with Crippen LogP contribution >= 0.6 is 11.6 Å². The fourth-order valence-corrected chi connectivity index (χ4v) is 3.56. The smallest absolute Gasteiger partial charge is 0.231 e. The molecule has 0 radical (unpaired) electrons. The number of rotatable bonds is 7. The summed E-state index contributed by atoms with van der Waals surface area (Å²) in [5.74, 6) is 7.95. The van der Waals surface area contributed by atoms with Crippen molar-refractivity contribution in [3.05, 3.63) is 52.5 Å². The molecule has 2 N–H and O–H groups in total. The number of aromatic nitrogens is 2. The molecule has 1 heterocycles. The monoisotopic (exact) mass is 416 g/mol. The summed E-state index contributed by atoms with van der Waals surface area (Å²) in [6.45, 7) is 2.30. The number of halogens is 1. The molecule has 0 bridgehead atoms. The van der Waals surface area contributed by atoms with E-state index in [0.29, 0.717) is 23.2 Å². The van der Waals surface area contributed by atoms with E-state index in [1.807, 2.05) is 43.3 Å². The molecule has 0 aliphatic rings. The Labute approximate surface area is 175 Å². The summed E-state index contributed by atoms with van der Waals surface area (Å²) in [6.07, 6.45) is 0. The van der Waals surface area contributed by atoms with E-state index in [4.69, 9.17) is 31.7 Å². The normalized spacial score (nSPS) is 10.7. The Kier molecular flexibility index (Phi) is 6.20. The summed E-state index contributed by atoms with van der Waals surface area (Å²) in [4.78, 5) is 0. The van der Waals surface area contributed by atoms with E-state index in [0.717, 1.165) is 33.9 Å². The second-order valence-electron chi connectivity index (χ2n) is 6.63. The van der Waals surface area contributed by atoms with Crippen LogP contribution in [0.5, 0.6) is 17.4 Å². The van der Waals surface area contributed by atoms with Gasteiger partial charge in [-0.3, -0.25) is 0 Å². The highest BCUT2D eigenvalue weighted by atomic mass is 35.5. The highest BCUT2D eigenvalue weighted by molar-refractivity contribution is 6.34. The van der Waals surface area contributed by atoms with Crippen molar-refractivity contribution in [3.63, 3.8) is 0 Å². The Bertz CT molecular complexity index is 1020. The van der Waals surface area contributed by atoms with E-state index in [1.54, 1.807) is 38.0 Å². The average Bonchev–Trinajstić information content (AvgIpc) is 2.99. The molecule has 0 saturated carbocycles. The van der Waals surface area contributed by atoms with Gasteiger partial charge in [-0.2, -0.15) is 5.10 Å². The number of hydrogen-bond acceptors (Lipinski definition) is 6. The first-order valence-electron chi connectivity index (χ1n) is 9.02. The molecule has 0 fully saturated rings. The van der Waals surface area contributed by atoms with E-state index in [9.17, 15) is 0 Å². The topological polar surface area (TPSA) is 74.8 Å². The van der Waals surface area contributed by atoms with Gasteiger partial charge in [0.2, 0.25) is 5.88 Å². The molecule has 0 spiro atoms. The van der Waals surface area contributed by atoms with Crippen LogP contribution in [0.1, 0.15) is 11.1 Å².